The number of nitrogens with one attached hydrogen (secondary N) is 1. The number of carbonyl (C=O) groups excluding carboxylic acids is 2. The summed E-state index contributed by atoms with van der Waals surface area (Å²) in [5, 5.41) is 11.2. The monoisotopic (exact) mass is 322 g/mol. The van der Waals surface area contributed by atoms with Gasteiger partial charge in [0, 0.05) is 6.42 Å². The molecule has 3 amide bonds. The van der Waals surface area contributed by atoms with Crippen molar-refractivity contribution in [3.05, 3.63) is 23.8 Å². The van der Waals surface area contributed by atoms with Crippen LogP contribution < -0.4 is 14.8 Å². The summed E-state index contributed by atoms with van der Waals surface area (Å²) in [4.78, 5) is 35.8. The van der Waals surface area contributed by atoms with E-state index in [1.807, 2.05) is 0 Å². The molecule has 0 bridgehead atoms. The Balaban J connectivity index is 2.09. The Hall–Kier alpha value is -2.77. The van der Waals surface area contributed by atoms with Crippen molar-refractivity contribution in [2.24, 2.45) is 0 Å². The first-order valence-corrected chi connectivity index (χ1v) is 7.00. The van der Waals surface area contributed by atoms with Crippen LogP contribution in [0.1, 0.15) is 18.4 Å². The lowest BCUT2D eigenvalue weighted by Gasteiger charge is -2.15. The Kier molecular flexibility index (Phi) is 5.05. The Morgan fingerprint density at radius 2 is 1.96 bits per heavy atom. The highest BCUT2D eigenvalue weighted by molar-refractivity contribution is 6.04. The number of methoxy groups -OCH3 is 2. The Labute approximate surface area is 133 Å². The number of hydrogen-bond acceptors (Lipinski definition) is 5. The van der Waals surface area contributed by atoms with Crippen LogP contribution in [0, 0.1) is 0 Å². The first-order chi connectivity index (χ1) is 11.0. The van der Waals surface area contributed by atoms with E-state index in [-0.39, 0.29) is 19.4 Å². The van der Waals surface area contributed by atoms with E-state index >= 15 is 0 Å². The lowest BCUT2D eigenvalue weighted by molar-refractivity contribution is -0.137. The maximum absolute atomic E-state index is 12.2. The van der Waals surface area contributed by atoms with Crippen molar-refractivity contribution >= 4 is 17.9 Å². The molecule has 1 aromatic carbocycles. The number of benzene rings is 1. The average molecular weight is 322 g/mol. The number of aliphatic carboxylic acids is 1. The van der Waals surface area contributed by atoms with Crippen LogP contribution in [0.2, 0.25) is 0 Å². The summed E-state index contributed by atoms with van der Waals surface area (Å²) in [6, 6.07) is 3.78. The molecule has 124 valence electrons. The number of imide groups is 1. The van der Waals surface area contributed by atoms with Crippen molar-refractivity contribution in [3.8, 4) is 11.5 Å². The van der Waals surface area contributed by atoms with Gasteiger partial charge >= 0.3 is 12.0 Å². The highest BCUT2D eigenvalue weighted by Crippen LogP contribution is 2.28. The molecule has 2 rings (SSSR count). The van der Waals surface area contributed by atoms with Gasteiger partial charge in [0.2, 0.25) is 0 Å². The molecule has 0 saturated carbocycles. The maximum atomic E-state index is 12.2. The van der Waals surface area contributed by atoms with Gasteiger partial charge in [-0.2, -0.15) is 0 Å². The largest absolute Gasteiger partial charge is 0.493 e. The Bertz CT molecular complexity index is 630. The lowest BCUT2D eigenvalue weighted by atomic mass is 10.1. The molecule has 1 aliphatic rings. The smallest absolute Gasteiger partial charge is 0.325 e. The fourth-order valence-corrected chi connectivity index (χ4v) is 2.35. The summed E-state index contributed by atoms with van der Waals surface area (Å²) in [6.45, 7) is 0.0780. The van der Waals surface area contributed by atoms with Crippen LogP contribution in [0.4, 0.5) is 4.79 Å². The first-order valence-electron chi connectivity index (χ1n) is 7.00. The van der Waals surface area contributed by atoms with Crippen LogP contribution in [0.25, 0.3) is 0 Å². The molecule has 2 N–H and O–H groups in total. The molecule has 23 heavy (non-hydrogen) atoms. The number of rotatable bonds is 7. The lowest BCUT2D eigenvalue weighted by Crippen LogP contribution is -2.31. The SMILES string of the molecule is COc1ccc(CN2C(=O)NC(CCC(=O)O)C2=O)cc1OC. The van der Waals surface area contributed by atoms with Gasteiger partial charge in [0.25, 0.3) is 5.91 Å². The second-order valence-corrected chi connectivity index (χ2v) is 5.05. The highest BCUT2D eigenvalue weighted by Gasteiger charge is 2.37. The summed E-state index contributed by atoms with van der Waals surface area (Å²) in [5.74, 6) is -0.385. The summed E-state index contributed by atoms with van der Waals surface area (Å²) in [7, 11) is 3.01. The number of ether oxygens (including phenoxy) is 2. The number of nitrogens with zero attached hydrogens (tertiary/aromatic N) is 1. The molecule has 0 aromatic heterocycles. The predicted octanol–water partition coefficient (Wildman–Crippen LogP) is 0.989. The molecule has 1 unspecified atom stereocenters. The van der Waals surface area contributed by atoms with Crippen molar-refractivity contribution < 1.29 is 29.0 Å². The van der Waals surface area contributed by atoms with E-state index in [1.165, 1.54) is 14.2 Å². The number of urea groups is 1. The van der Waals surface area contributed by atoms with Crippen LogP contribution in [0.15, 0.2) is 18.2 Å². The Morgan fingerprint density at radius 3 is 2.57 bits per heavy atom. The molecule has 1 saturated heterocycles. The van der Waals surface area contributed by atoms with E-state index in [0.717, 1.165) is 4.90 Å². The summed E-state index contributed by atoms with van der Waals surface area (Å²) < 4.78 is 10.3. The molecular weight excluding hydrogens is 304 g/mol. The number of carboxylic acid groups (broad SMARTS) is 1. The summed E-state index contributed by atoms with van der Waals surface area (Å²) >= 11 is 0. The zero-order valence-electron chi connectivity index (χ0n) is 12.9. The second-order valence-electron chi connectivity index (χ2n) is 5.05. The molecule has 1 aromatic rings. The molecule has 1 heterocycles. The fourth-order valence-electron chi connectivity index (χ4n) is 2.35. The van der Waals surface area contributed by atoms with Crippen LogP contribution in [0.5, 0.6) is 11.5 Å². The van der Waals surface area contributed by atoms with Gasteiger partial charge in [-0.1, -0.05) is 6.07 Å². The average Bonchev–Trinajstić information content (AvgIpc) is 2.80. The van der Waals surface area contributed by atoms with Gasteiger partial charge in [-0.3, -0.25) is 14.5 Å². The zero-order valence-corrected chi connectivity index (χ0v) is 12.9. The van der Waals surface area contributed by atoms with E-state index in [2.05, 4.69) is 5.32 Å². The third-order valence-electron chi connectivity index (χ3n) is 3.54. The molecule has 8 nitrogen and oxygen atoms in total. The van der Waals surface area contributed by atoms with Crippen molar-refractivity contribution in [1.82, 2.24) is 10.2 Å². The molecule has 1 atom stereocenters. The molecule has 0 aliphatic carbocycles. The van der Waals surface area contributed by atoms with Crippen molar-refractivity contribution in [1.29, 1.82) is 0 Å². The van der Waals surface area contributed by atoms with Gasteiger partial charge in [0.05, 0.1) is 20.8 Å². The number of amides is 3. The van der Waals surface area contributed by atoms with E-state index in [9.17, 15) is 14.4 Å². The molecule has 1 aliphatic heterocycles. The van der Waals surface area contributed by atoms with E-state index in [0.29, 0.717) is 17.1 Å². The number of hydrogen-bond donors (Lipinski definition) is 2. The summed E-state index contributed by atoms with van der Waals surface area (Å²) in [5.41, 5.74) is 0.699. The molecule has 0 spiro atoms. The zero-order chi connectivity index (χ0) is 17.0. The van der Waals surface area contributed by atoms with Crippen LogP contribution in [0.3, 0.4) is 0 Å². The quantitative estimate of drug-likeness (QED) is 0.725. The summed E-state index contributed by atoms with van der Waals surface area (Å²) in [6.07, 6.45) is -0.108. The van der Waals surface area contributed by atoms with Crippen molar-refractivity contribution in [2.75, 3.05) is 14.2 Å². The topological polar surface area (TPSA) is 105 Å². The minimum atomic E-state index is -1.01. The molecule has 1 fully saturated rings. The molecule has 0 radical (unpaired) electrons. The van der Waals surface area contributed by atoms with Gasteiger partial charge in [-0.25, -0.2) is 4.79 Å². The third-order valence-corrected chi connectivity index (χ3v) is 3.54. The van der Waals surface area contributed by atoms with Gasteiger partial charge in [-0.05, 0) is 24.1 Å². The predicted molar refractivity (Wildman–Crippen MR) is 79.3 cm³/mol. The maximum Gasteiger partial charge on any atom is 0.325 e. The van der Waals surface area contributed by atoms with E-state index in [4.69, 9.17) is 14.6 Å². The van der Waals surface area contributed by atoms with Crippen LogP contribution in [-0.2, 0) is 16.1 Å². The van der Waals surface area contributed by atoms with Gasteiger partial charge in [-0.15, -0.1) is 0 Å². The van der Waals surface area contributed by atoms with Crippen LogP contribution in [-0.4, -0.2) is 48.2 Å². The van der Waals surface area contributed by atoms with Crippen molar-refractivity contribution in [2.45, 2.75) is 25.4 Å². The normalized spacial score (nSPS) is 17.1. The van der Waals surface area contributed by atoms with Crippen LogP contribution >= 0.6 is 0 Å². The van der Waals surface area contributed by atoms with E-state index in [1.54, 1.807) is 18.2 Å². The third kappa shape index (κ3) is 3.71. The first kappa shape index (κ1) is 16.6. The molecular formula is C15H18N2O6. The minimum absolute atomic E-state index is 0.0718. The number of carbonyl (C=O) groups is 3. The minimum Gasteiger partial charge on any atom is -0.493 e. The number of carboxylic acids is 1. The van der Waals surface area contributed by atoms with E-state index < -0.39 is 23.9 Å². The highest BCUT2D eigenvalue weighted by atomic mass is 16.5. The van der Waals surface area contributed by atoms with Crippen molar-refractivity contribution in [3.63, 3.8) is 0 Å². The Morgan fingerprint density at radius 1 is 1.26 bits per heavy atom. The standard InChI is InChI=1S/C15H18N2O6/c1-22-11-5-3-9(7-12(11)23-2)8-17-14(20)10(16-15(17)21)4-6-13(18)19/h3,5,7,10H,4,6,8H2,1-2H3,(H,16,21)(H,18,19). The second kappa shape index (κ2) is 6.99. The van der Waals surface area contributed by atoms with Gasteiger partial charge in [0.15, 0.2) is 11.5 Å². The fraction of sp³-hybridized carbons (Fsp3) is 0.400. The molecule has 8 heteroatoms. The van der Waals surface area contributed by atoms with Gasteiger partial charge in [0.1, 0.15) is 6.04 Å². The van der Waals surface area contributed by atoms with Gasteiger partial charge < -0.3 is 19.9 Å².